The Labute approximate surface area is 176 Å². The number of aromatic amines is 1. The molecule has 0 bridgehead atoms. The Morgan fingerprint density at radius 1 is 1.27 bits per heavy atom. The summed E-state index contributed by atoms with van der Waals surface area (Å²) in [6.45, 7) is 3.98. The van der Waals surface area contributed by atoms with E-state index in [1.807, 2.05) is 29.8 Å². The predicted octanol–water partition coefficient (Wildman–Crippen LogP) is 2.89. The minimum Gasteiger partial charge on any atom is -0.493 e. The molecular formula is C22H30N5O3+. The van der Waals surface area contributed by atoms with E-state index in [4.69, 9.17) is 9.47 Å². The van der Waals surface area contributed by atoms with E-state index >= 15 is 0 Å². The zero-order chi connectivity index (χ0) is 21.3. The van der Waals surface area contributed by atoms with Crippen LogP contribution in [-0.2, 0) is 12.1 Å². The predicted molar refractivity (Wildman–Crippen MR) is 114 cm³/mol. The Morgan fingerprint density at radius 2 is 2.03 bits per heavy atom. The Hall–Kier alpha value is -2.87. The van der Waals surface area contributed by atoms with Crippen molar-refractivity contribution in [3.8, 4) is 11.5 Å². The van der Waals surface area contributed by atoms with Gasteiger partial charge >= 0.3 is 0 Å². The van der Waals surface area contributed by atoms with Gasteiger partial charge in [-0.05, 0) is 57.2 Å². The second-order valence-corrected chi connectivity index (χ2v) is 8.32. The molecule has 2 aromatic heterocycles. The normalized spacial score (nSPS) is 15.0. The van der Waals surface area contributed by atoms with E-state index in [1.54, 1.807) is 27.3 Å². The summed E-state index contributed by atoms with van der Waals surface area (Å²) in [6, 6.07) is 6.00. The van der Waals surface area contributed by atoms with Crippen molar-refractivity contribution in [1.29, 1.82) is 0 Å². The molecule has 0 atom stereocenters. The Bertz CT molecular complexity index is 1040. The standard InChI is InChI=1S/C22H29N5O3/c1-22(2,28)21-25-18-19(23-3)24-13-27(20(18)26-21)12-14-9-10-16(29-4)17(11-14)30-15-7-5-6-8-15/h9-11,13,15,28H,5-8,12H2,1-4H3,(H,23,25,26)/p+1. The molecule has 2 heterocycles. The first-order valence-electron chi connectivity index (χ1n) is 10.4. The third kappa shape index (κ3) is 4.05. The van der Waals surface area contributed by atoms with Gasteiger partial charge in [-0.2, -0.15) is 0 Å². The number of hydrogen-bond acceptors (Lipinski definition) is 6. The lowest BCUT2D eigenvalue weighted by atomic mass is 10.1. The fourth-order valence-electron chi connectivity index (χ4n) is 3.87. The first-order chi connectivity index (χ1) is 14.4. The second kappa shape index (κ2) is 8.10. The molecule has 8 heteroatoms. The van der Waals surface area contributed by atoms with Crippen LogP contribution in [0.5, 0.6) is 11.5 Å². The van der Waals surface area contributed by atoms with Crippen LogP contribution >= 0.6 is 0 Å². The number of nitrogens with one attached hydrogen (secondary N) is 2. The summed E-state index contributed by atoms with van der Waals surface area (Å²) in [5, 5.41) is 13.5. The number of aromatic nitrogens is 4. The first-order valence-corrected chi connectivity index (χ1v) is 10.4. The molecule has 1 aliphatic carbocycles. The van der Waals surface area contributed by atoms with E-state index in [0.717, 1.165) is 41.1 Å². The summed E-state index contributed by atoms with van der Waals surface area (Å²) < 4.78 is 13.7. The highest BCUT2D eigenvalue weighted by atomic mass is 16.5. The molecule has 0 saturated heterocycles. The van der Waals surface area contributed by atoms with Gasteiger partial charge in [0.2, 0.25) is 18.0 Å². The number of ether oxygens (including phenoxy) is 2. The highest BCUT2D eigenvalue weighted by Gasteiger charge is 2.28. The van der Waals surface area contributed by atoms with Crippen LogP contribution < -0.4 is 19.4 Å². The molecule has 1 aromatic carbocycles. The SMILES string of the molecule is CNc1nc[n+](Cc2ccc(OC)c(OC3CCCC3)c2)c2nc(C(C)(C)O)[nH]c12. The van der Waals surface area contributed by atoms with Crippen LogP contribution in [0.3, 0.4) is 0 Å². The van der Waals surface area contributed by atoms with E-state index in [0.29, 0.717) is 18.2 Å². The van der Waals surface area contributed by atoms with Crippen molar-refractivity contribution < 1.29 is 19.1 Å². The van der Waals surface area contributed by atoms with Gasteiger partial charge in [0.1, 0.15) is 5.60 Å². The van der Waals surface area contributed by atoms with Gasteiger partial charge in [-0.1, -0.05) is 16.0 Å². The monoisotopic (exact) mass is 412 g/mol. The highest BCUT2D eigenvalue weighted by Crippen LogP contribution is 2.32. The number of aliphatic hydroxyl groups is 1. The van der Waals surface area contributed by atoms with E-state index in [-0.39, 0.29) is 6.10 Å². The molecule has 0 amide bonds. The molecule has 0 spiro atoms. The largest absolute Gasteiger partial charge is 0.493 e. The van der Waals surface area contributed by atoms with Crippen molar-refractivity contribution in [3.05, 3.63) is 35.9 Å². The smallest absolute Gasteiger partial charge is 0.294 e. The first kappa shape index (κ1) is 20.4. The quantitative estimate of drug-likeness (QED) is 0.517. The van der Waals surface area contributed by atoms with Gasteiger partial charge in [-0.15, -0.1) is 0 Å². The number of benzene rings is 1. The van der Waals surface area contributed by atoms with Crippen LogP contribution in [0.25, 0.3) is 11.2 Å². The molecule has 8 nitrogen and oxygen atoms in total. The number of fused-ring (bicyclic) bond motifs is 1. The summed E-state index contributed by atoms with van der Waals surface area (Å²) in [7, 11) is 3.48. The molecule has 0 aliphatic heterocycles. The second-order valence-electron chi connectivity index (χ2n) is 8.32. The lowest BCUT2D eigenvalue weighted by Crippen LogP contribution is -2.36. The van der Waals surface area contributed by atoms with Crippen LogP contribution in [0.4, 0.5) is 5.82 Å². The van der Waals surface area contributed by atoms with Crippen LogP contribution in [0.2, 0.25) is 0 Å². The van der Waals surface area contributed by atoms with Crippen molar-refractivity contribution in [2.24, 2.45) is 0 Å². The highest BCUT2D eigenvalue weighted by molar-refractivity contribution is 5.80. The molecule has 1 saturated carbocycles. The minimum absolute atomic E-state index is 0.255. The Balaban J connectivity index is 1.69. The van der Waals surface area contributed by atoms with Gasteiger partial charge < -0.3 is 24.9 Å². The van der Waals surface area contributed by atoms with Gasteiger partial charge in [-0.25, -0.2) is 4.57 Å². The van der Waals surface area contributed by atoms with Crippen molar-refractivity contribution in [2.75, 3.05) is 19.5 Å². The van der Waals surface area contributed by atoms with E-state index in [1.165, 1.54) is 12.8 Å². The maximum atomic E-state index is 10.4. The molecule has 3 aromatic rings. The van der Waals surface area contributed by atoms with Crippen molar-refractivity contribution in [1.82, 2.24) is 15.0 Å². The molecule has 0 unspecified atom stereocenters. The van der Waals surface area contributed by atoms with Gasteiger partial charge in [0, 0.05) is 7.05 Å². The van der Waals surface area contributed by atoms with E-state index < -0.39 is 5.60 Å². The fourth-order valence-corrected chi connectivity index (χ4v) is 3.87. The fraction of sp³-hybridized carbons (Fsp3) is 0.500. The summed E-state index contributed by atoms with van der Waals surface area (Å²) in [5.41, 5.74) is 1.46. The molecular weight excluding hydrogens is 382 g/mol. The van der Waals surface area contributed by atoms with Crippen molar-refractivity contribution >= 4 is 17.0 Å². The lowest BCUT2D eigenvalue weighted by molar-refractivity contribution is -0.667. The summed E-state index contributed by atoms with van der Waals surface area (Å²) in [4.78, 5) is 12.4. The Kier molecular flexibility index (Phi) is 5.51. The number of anilines is 1. The number of rotatable bonds is 7. The third-order valence-corrected chi connectivity index (χ3v) is 5.51. The number of methoxy groups -OCH3 is 1. The maximum absolute atomic E-state index is 10.4. The number of imidazole rings is 1. The number of nitrogens with zero attached hydrogens (tertiary/aromatic N) is 3. The van der Waals surface area contributed by atoms with Crippen LogP contribution in [0.1, 0.15) is 50.9 Å². The van der Waals surface area contributed by atoms with E-state index in [9.17, 15) is 5.11 Å². The van der Waals surface area contributed by atoms with Crippen LogP contribution in [-0.4, -0.2) is 40.3 Å². The van der Waals surface area contributed by atoms with Gasteiger partial charge in [0.15, 0.2) is 17.0 Å². The van der Waals surface area contributed by atoms with Crippen molar-refractivity contribution in [3.63, 3.8) is 0 Å². The van der Waals surface area contributed by atoms with Gasteiger partial charge in [0.05, 0.1) is 19.8 Å². The van der Waals surface area contributed by atoms with Crippen molar-refractivity contribution in [2.45, 2.75) is 57.8 Å². The maximum Gasteiger partial charge on any atom is 0.294 e. The third-order valence-electron chi connectivity index (χ3n) is 5.51. The molecule has 160 valence electrons. The molecule has 0 radical (unpaired) electrons. The minimum atomic E-state index is -1.08. The van der Waals surface area contributed by atoms with Gasteiger partial charge in [-0.3, -0.25) is 0 Å². The summed E-state index contributed by atoms with van der Waals surface area (Å²) in [5.74, 6) is 2.70. The topological polar surface area (TPSA) is 96.2 Å². The van der Waals surface area contributed by atoms with E-state index in [2.05, 4.69) is 20.3 Å². The molecule has 30 heavy (non-hydrogen) atoms. The van der Waals surface area contributed by atoms with Crippen LogP contribution in [0, 0.1) is 0 Å². The zero-order valence-corrected chi connectivity index (χ0v) is 18.0. The number of H-pyrrole nitrogens is 1. The summed E-state index contributed by atoms with van der Waals surface area (Å²) >= 11 is 0. The number of hydrogen-bond donors (Lipinski definition) is 3. The molecule has 1 aliphatic rings. The summed E-state index contributed by atoms with van der Waals surface area (Å²) in [6.07, 6.45) is 6.62. The zero-order valence-electron chi connectivity index (χ0n) is 18.0. The molecule has 1 fully saturated rings. The average molecular weight is 413 g/mol. The molecule has 4 rings (SSSR count). The van der Waals surface area contributed by atoms with Gasteiger partial charge in [0.25, 0.3) is 5.65 Å². The average Bonchev–Trinajstić information content (AvgIpc) is 3.38. The Morgan fingerprint density at radius 3 is 2.70 bits per heavy atom. The lowest BCUT2D eigenvalue weighted by Gasteiger charge is -2.16. The van der Waals surface area contributed by atoms with Crippen LogP contribution in [0.15, 0.2) is 24.5 Å². The molecule has 3 N–H and O–H groups in total.